The monoisotopic (exact) mass is 298 g/mol. The van der Waals surface area contributed by atoms with Crippen molar-refractivity contribution in [2.45, 2.75) is 45.1 Å². The van der Waals surface area contributed by atoms with Gasteiger partial charge in [-0.1, -0.05) is 12.5 Å². The Balaban J connectivity index is 1.62. The molecular formula is C18H26N4. The van der Waals surface area contributed by atoms with Gasteiger partial charge in [0.05, 0.1) is 0 Å². The minimum Gasteiger partial charge on any atom is -0.356 e. The number of piperidine rings is 2. The third-order valence-corrected chi connectivity index (χ3v) is 5.13. The van der Waals surface area contributed by atoms with Crippen molar-refractivity contribution in [1.29, 1.82) is 5.26 Å². The first-order chi connectivity index (χ1) is 10.8. The molecule has 1 aromatic rings. The topological polar surface area (TPSA) is 43.2 Å². The summed E-state index contributed by atoms with van der Waals surface area (Å²) in [6.45, 7) is 6.99. The maximum Gasteiger partial charge on any atom is 0.142 e. The van der Waals surface area contributed by atoms with Crippen molar-refractivity contribution < 1.29 is 0 Å². The van der Waals surface area contributed by atoms with Crippen LogP contribution in [0.2, 0.25) is 0 Å². The molecule has 2 atom stereocenters. The molecule has 2 aliphatic rings. The number of anilines is 1. The molecule has 0 aliphatic carbocycles. The van der Waals surface area contributed by atoms with E-state index in [4.69, 9.17) is 5.26 Å². The van der Waals surface area contributed by atoms with Crippen molar-refractivity contribution in [3.63, 3.8) is 0 Å². The Morgan fingerprint density at radius 1 is 1.23 bits per heavy atom. The summed E-state index contributed by atoms with van der Waals surface area (Å²) in [4.78, 5) is 9.50. The molecule has 0 radical (unpaired) electrons. The first kappa shape index (κ1) is 15.3. The van der Waals surface area contributed by atoms with E-state index in [-0.39, 0.29) is 0 Å². The number of hydrogen-bond donors (Lipinski definition) is 0. The Morgan fingerprint density at radius 2 is 2.14 bits per heavy atom. The molecule has 4 nitrogen and oxygen atoms in total. The van der Waals surface area contributed by atoms with Gasteiger partial charge in [-0.15, -0.1) is 0 Å². The van der Waals surface area contributed by atoms with Crippen LogP contribution in [-0.2, 0) is 0 Å². The number of rotatable bonds is 3. The van der Waals surface area contributed by atoms with E-state index in [2.05, 4.69) is 27.8 Å². The molecule has 2 fully saturated rings. The summed E-state index contributed by atoms with van der Waals surface area (Å²) >= 11 is 0. The van der Waals surface area contributed by atoms with E-state index in [0.717, 1.165) is 30.9 Å². The first-order valence-corrected chi connectivity index (χ1v) is 8.62. The molecule has 22 heavy (non-hydrogen) atoms. The molecule has 4 heteroatoms. The molecule has 1 aromatic heterocycles. The van der Waals surface area contributed by atoms with Crippen LogP contribution in [0.15, 0.2) is 18.2 Å². The van der Waals surface area contributed by atoms with E-state index in [1.807, 2.05) is 12.1 Å². The minimum atomic E-state index is 0.518. The van der Waals surface area contributed by atoms with Gasteiger partial charge in [-0.25, -0.2) is 4.98 Å². The van der Waals surface area contributed by atoms with Crippen molar-refractivity contribution in [3.8, 4) is 6.07 Å². The SMILES string of the molecule is CC1CCCCN1CC1CCCN(c2cccc(C#N)n2)C1. The number of nitrogens with zero attached hydrogens (tertiary/aromatic N) is 4. The molecule has 0 aromatic carbocycles. The lowest BCUT2D eigenvalue weighted by molar-refractivity contribution is 0.130. The Hall–Kier alpha value is -1.60. The van der Waals surface area contributed by atoms with Crippen LogP contribution in [0.25, 0.3) is 0 Å². The Kier molecular flexibility index (Phi) is 4.94. The highest BCUT2D eigenvalue weighted by Gasteiger charge is 2.26. The van der Waals surface area contributed by atoms with Gasteiger partial charge in [0.1, 0.15) is 17.6 Å². The Bertz CT molecular complexity index is 536. The highest BCUT2D eigenvalue weighted by Crippen LogP contribution is 2.25. The second-order valence-electron chi connectivity index (χ2n) is 6.79. The fourth-order valence-electron chi connectivity index (χ4n) is 3.84. The van der Waals surface area contributed by atoms with Crippen LogP contribution in [0.4, 0.5) is 5.82 Å². The number of hydrogen-bond acceptors (Lipinski definition) is 4. The second kappa shape index (κ2) is 7.11. The number of pyridine rings is 1. The minimum absolute atomic E-state index is 0.518. The van der Waals surface area contributed by atoms with Crippen molar-refractivity contribution in [3.05, 3.63) is 23.9 Å². The summed E-state index contributed by atoms with van der Waals surface area (Å²) in [6.07, 6.45) is 6.64. The molecule has 118 valence electrons. The molecule has 0 N–H and O–H groups in total. The van der Waals surface area contributed by atoms with E-state index in [9.17, 15) is 0 Å². The Morgan fingerprint density at radius 3 is 2.95 bits per heavy atom. The smallest absolute Gasteiger partial charge is 0.142 e. The normalized spacial score (nSPS) is 26.6. The van der Waals surface area contributed by atoms with Crippen molar-refractivity contribution >= 4 is 5.82 Å². The predicted molar refractivity (Wildman–Crippen MR) is 88.8 cm³/mol. The van der Waals surface area contributed by atoms with Crippen LogP contribution >= 0.6 is 0 Å². The zero-order chi connectivity index (χ0) is 15.4. The van der Waals surface area contributed by atoms with Gasteiger partial charge in [-0.05, 0) is 57.2 Å². The fourth-order valence-corrected chi connectivity index (χ4v) is 3.84. The van der Waals surface area contributed by atoms with Gasteiger partial charge in [0.2, 0.25) is 0 Å². The average Bonchev–Trinajstić information content (AvgIpc) is 2.57. The van der Waals surface area contributed by atoms with Crippen LogP contribution in [0.5, 0.6) is 0 Å². The van der Waals surface area contributed by atoms with Gasteiger partial charge >= 0.3 is 0 Å². The summed E-state index contributed by atoms with van der Waals surface area (Å²) in [7, 11) is 0. The molecule has 2 unspecified atom stereocenters. The summed E-state index contributed by atoms with van der Waals surface area (Å²) in [5.74, 6) is 1.69. The summed E-state index contributed by atoms with van der Waals surface area (Å²) in [6, 6.07) is 8.64. The fraction of sp³-hybridized carbons (Fsp3) is 0.667. The van der Waals surface area contributed by atoms with Crippen molar-refractivity contribution in [1.82, 2.24) is 9.88 Å². The van der Waals surface area contributed by atoms with Gasteiger partial charge in [-0.3, -0.25) is 0 Å². The predicted octanol–water partition coefficient (Wildman–Crippen LogP) is 3.04. The largest absolute Gasteiger partial charge is 0.356 e. The van der Waals surface area contributed by atoms with Gasteiger partial charge in [-0.2, -0.15) is 5.26 Å². The maximum absolute atomic E-state index is 9.02. The van der Waals surface area contributed by atoms with Gasteiger partial charge in [0.25, 0.3) is 0 Å². The molecule has 2 aliphatic heterocycles. The van der Waals surface area contributed by atoms with Crippen LogP contribution in [-0.4, -0.2) is 42.1 Å². The average molecular weight is 298 g/mol. The summed E-state index contributed by atoms with van der Waals surface area (Å²) < 4.78 is 0. The van der Waals surface area contributed by atoms with E-state index in [1.54, 1.807) is 6.07 Å². The van der Waals surface area contributed by atoms with Crippen molar-refractivity contribution in [2.24, 2.45) is 5.92 Å². The molecule has 0 amide bonds. The van der Waals surface area contributed by atoms with Crippen molar-refractivity contribution in [2.75, 3.05) is 31.1 Å². The highest BCUT2D eigenvalue weighted by atomic mass is 15.2. The van der Waals surface area contributed by atoms with E-state index < -0.39 is 0 Å². The van der Waals surface area contributed by atoms with E-state index in [0.29, 0.717) is 5.69 Å². The quantitative estimate of drug-likeness (QED) is 0.860. The Labute approximate surface area is 133 Å². The van der Waals surface area contributed by atoms with Gasteiger partial charge in [0, 0.05) is 25.7 Å². The van der Waals surface area contributed by atoms with E-state index >= 15 is 0 Å². The maximum atomic E-state index is 9.02. The zero-order valence-electron chi connectivity index (χ0n) is 13.5. The standard InChI is InChI=1S/C18H26N4/c1-15-6-2-3-10-21(15)13-16-7-5-11-22(14-16)18-9-4-8-17(12-19)20-18/h4,8-9,15-16H,2-3,5-7,10-11,13-14H2,1H3. The van der Waals surface area contributed by atoms with Gasteiger partial charge < -0.3 is 9.80 Å². The third-order valence-electron chi connectivity index (χ3n) is 5.13. The summed E-state index contributed by atoms with van der Waals surface area (Å²) in [5, 5.41) is 9.02. The number of nitriles is 1. The van der Waals surface area contributed by atoms with Crippen LogP contribution in [0.1, 0.15) is 44.7 Å². The molecule has 0 saturated carbocycles. The number of likely N-dealkylation sites (tertiary alicyclic amines) is 1. The highest BCUT2D eigenvalue weighted by molar-refractivity contribution is 5.42. The molecular weight excluding hydrogens is 272 g/mol. The zero-order valence-corrected chi connectivity index (χ0v) is 13.5. The second-order valence-corrected chi connectivity index (χ2v) is 6.79. The van der Waals surface area contributed by atoms with Gasteiger partial charge in [0.15, 0.2) is 0 Å². The number of aromatic nitrogens is 1. The summed E-state index contributed by atoms with van der Waals surface area (Å²) in [5.41, 5.74) is 0.518. The lowest BCUT2D eigenvalue weighted by Gasteiger charge is -2.40. The molecule has 2 saturated heterocycles. The first-order valence-electron chi connectivity index (χ1n) is 8.62. The molecule has 3 heterocycles. The molecule has 0 bridgehead atoms. The van der Waals surface area contributed by atoms with Crippen LogP contribution < -0.4 is 4.90 Å². The third kappa shape index (κ3) is 3.59. The lowest BCUT2D eigenvalue weighted by Crippen LogP contribution is -2.45. The van der Waals surface area contributed by atoms with Crippen LogP contribution in [0, 0.1) is 17.2 Å². The molecule has 3 rings (SSSR count). The lowest BCUT2D eigenvalue weighted by atomic mass is 9.95. The molecule has 0 spiro atoms. The van der Waals surface area contributed by atoms with Crippen LogP contribution in [0.3, 0.4) is 0 Å². The van der Waals surface area contributed by atoms with E-state index in [1.165, 1.54) is 45.2 Å².